The van der Waals surface area contributed by atoms with Gasteiger partial charge in [0, 0.05) is 5.92 Å². The van der Waals surface area contributed by atoms with E-state index in [-0.39, 0.29) is 31.7 Å². The maximum absolute atomic E-state index is 13.8. The fraction of sp³-hybridized carbons (Fsp3) is 0.538. The van der Waals surface area contributed by atoms with Crippen molar-refractivity contribution in [3.05, 3.63) is 70.5 Å². The van der Waals surface area contributed by atoms with E-state index in [1.165, 1.54) is 19.1 Å². The van der Waals surface area contributed by atoms with E-state index in [1.54, 1.807) is 0 Å². The Hall–Kier alpha value is -2.27. The van der Waals surface area contributed by atoms with Crippen molar-refractivity contribution in [1.29, 1.82) is 0 Å². The molecule has 2 N–H and O–H groups in total. The third-order valence-electron chi connectivity index (χ3n) is 7.46. The molecule has 3 rings (SSSR count). The number of hydrogen-bond acceptors (Lipinski definition) is 5. The van der Waals surface area contributed by atoms with Crippen LogP contribution in [0.25, 0.3) is 0 Å². The van der Waals surface area contributed by atoms with Crippen molar-refractivity contribution >= 4 is 20.2 Å². The van der Waals surface area contributed by atoms with Crippen LogP contribution in [0.3, 0.4) is 0 Å². The molecule has 0 heterocycles. The first kappa shape index (κ1) is 34.2. The van der Waals surface area contributed by atoms with E-state index in [1.807, 2.05) is 0 Å². The van der Waals surface area contributed by atoms with Crippen molar-refractivity contribution in [3.63, 3.8) is 0 Å². The fourth-order valence-corrected chi connectivity index (χ4v) is 6.72. The molecule has 2 aromatic carbocycles. The zero-order valence-electron chi connectivity index (χ0n) is 22.1. The first-order chi connectivity index (χ1) is 19.1. The largest absolute Gasteiger partial charge is 0.416 e. The smallest absolute Gasteiger partial charge is 0.370 e. The van der Waals surface area contributed by atoms with Crippen molar-refractivity contribution in [3.8, 4) is 0 Å². The minimum atomic E-state index is -5.08. The Balaban J connectivity index is 2.04. The second-order valence-corrected chi connectivity index (χ2v) is 13.5. The van der Waals surface area contributed by atoms with Crippen LogP contribution in [-0.4, -0.2) is 43.6 Å². The Bertz CT molecular complexity index is 1410. The molecule has 7 nitrogen and oxygen atoms in total. The molecule has 0 bridgehead atoms. The summed E-state index contributed by atoms with van der Waals surface area (Å²) in [6.45, 7) is 1.26. The highest BCUT2D eigenvalue weighted by atomic mass is 32.2. The standard InChI is InChI=1S/C26H29F7O7S2/c1-15(18-12-19(25(28,29)30)14-20(13-18)26(31,32)33)40-23-7-4-16(8-10-41(34,35)36)22(9-11-42(37,38)39)24(23)17-2-5-21(27)6-3-17/h2-3,5-6,12-16,22-24H,4,7-11H2,1H3,(H,34,35,36)(H,37,38,39)/t15-,16+,22-,23+,24+/m1/s1. The van der Waals surface area contributed by atoms with Crippen molar-refractivity contribution in [2.45, 2.75) is 63.1 Å². The average Bonchev–Trinajstić information content (AvgIpc) is 2.85. The number of hydrogen-bond donors (Lipinski definition) is 2. The van der Waals surface area contributed by atoms with Crippen molar-refractivity contribution in [1.82, 2.24) is 0 Å². The topological polar surface area (TPSA) is 118 Å². The number of benzene rings is 2. The van der Waals surface area contributed by atoms with Gasteiger partial charge in [-0.05, 0) is 85.9 Å². The zero-order valence-corrected chi connectivity index (χ0v) is 23.7. The molecule has 42 heavy (non-hydrogen) atoms. The monoisotopic (exact) mass is 650 g/mol. The van der Waals surface area contributed by atoms with Crippen LogP contribution in [-0.2, 0) is 37.3 Å². The summed E-state index contributed by atoms with van der Waals surface area (Å²) >= 11 is 0. The molecule has 1 aliphatic carbocycles. The van der Waals surface area contributed by atoms with E-state index >= 15 is 0 Å². The lowest BCUT2D eigenvalue weighted by molar-refractivity contribution is -0.143. The van der Waals surface area contributed by atoms with Crippen molar-refractivity contribution in [2.75, 3.05) is 11.5 Å². The quantitative estimate of drug-likeness (QED) is 0.218. The summed E-state index contributed by atoms with van der Waals surface area (Å²) in [6, 6.07) is 5.99. The van der Waals surface area contributed by atoms with Crippen LogP contribution in [0.2, 0.25) is 0 Å². The number of rotatable bonds is 10. The van der Waals surface area contributed by atoms with Gasteiger partial charge < -0.3 is 4.74 Å². The van der Waals surface area contributed by atoms with E-state index in [0.717, 1.165) is 12.1 Å². The Morgan fingerprint density at radius 2 is 1.33 bits per heavy atom. The molecule has 0 amide bonds. The summed E-state index contributed by atoms with van der Waals surface area (Å²) in [5.74, 6) is -4.17. The predicted octanol–water partition coefficient (Wildman–Crippen LogP) is 6.68. The highest BCUT2D eigenvalue weighted by Crippen LogP contribution is 2.48. The fourth-order valence-electron chi connectivity index (χ4n) is 5.55. The summed E-state index contributed by atoms with van der Waals surface area (Å²) in [4.78, 5) is 0. The summed E-state index contributed by atoms with van der Waals surface area (Å²) in [6.07, 6.45) is -12.5. The van der Waals surface area contributed by atoms with Gasteiger partial charge >= 0.3 is 12.4 Å². The Morgan fingerprint density at radius 3 is 1.81 bits per heavy atom. The molecule has 2 aromatic rings. The number of ether oxygens (including phenoxy) is 1. The van der Waals surface area contributed by atoms with Crippen LogP contribution in [0.4, 0.5) is 30.7 Å². The summed E-state index contributed by atoms with van der Waals surface area (Å²) < 4.78 is 165. The second-order valence-electron chi connectivity index (χ2n) is 10.4. The summed E-state index contributed by atoms with van der Waals surface area (Å²) in [7, 11) is -8.92. The number of alkyl halides is 6. The molecule has 5 atom stereocenters. The van der Waals surface area contributed by atoms with E-state index in [0.29, 0.717) is 17.7 Å². The summed E-state index contributed by atoms with van der Waals surface area (Å²) in [5.41, 5.74) is -3.08. The molecule has 1 aliphatic rings. The SMILES string of the molecule is C[C@@H](O[C@H]1CC[C@@H](CCS(=O)(=O)O)[C@@H](CCS(=O)(=O)O)[C@@H]1c1ccc(F)cc1)c1cc(C(F)(F)F)cc(C(F)(F)F)c1. The first-order valence-electron chi connectivity index (χ1n) is 12.7. The van der Waals surface area contributed by atoms with Gasteiger partial charge in [0.05, 0.1) is 34.8 Å². The van der Waals surface area contributed by atoms with E-state index < -0.39 is 96.6 Å². The normalized spacial score (nSPS) is 23.1. The highest BCUT2D eigenvalue weighted by Gasteiger charge is 2.43. The van der Waals surface area contributed by atoms with Crippen molar-refractivity contribution < 1.29 is 61.4 Å². The lowest BCUT2D eigenvalue weighted by Crippen LogP contribution is -2.40. The second kappa shape index (κ2) is 12.8. The molecule has 0 radical (unpaired) electrons. The van der Waals surface area contributed by atoms with Crippen LogP contribution >= 0.6 is 0 Å². The van der Waals surface area contributed by atoms with E-state index in [4.69, 9.17) is 4.74 Å². The van der Waals surface area contributed by atoms with Gasteiger partial charge in [0.2, 0.25) is 0 Å². The molecule has 0 aromatic heterocycles. The first-order valence-corrected chi connectivity index (χ1v) is 16.0. The van der Waals surface area contributed by atoms with Gasteiger partial charge in [-0.3, -0.25) is 9.11 Å². The lowest BCUT2D eigenvalue weighted by atomic mass is 9.66. The van der Waals surface area contributed by atoms with Gasteiger partial charge in [-0.1, -0.05) is 12.1 Å². The van der Waals surface area contributed by atoms with Crippen LogP contribution in [0.15, 0.2) is 42.5 Å². The Labute approximate surface area is 238 Å². The van der Waals surface area contributed by atoms with Gasteiger partial charge in [0.15, 0.2) is 0 Å². The van der Waals surface area contributed by atoms with E-state index in [9.17, 15) is 56.7 Å². The zero-order chi connectivity index (χ0) is 31.7. The molecule has 236 valence electrons. The molecule has 1 saturated carbocycles. The minimum absolute atomic E-state index is 0.0106. The van der Waals surface area contributed by atoms with E-state index in [2.05, 4.69) is 0 Å². The van der Waals surface area contributed by atoms with Gasteiger partial charge in [-0.15, -0.1) is 0 Å². The molecule has 1 fully saturated rings. The van der Waals surface area contributed by atoms with Gasteiger partial charge in [-0.25, -0.2) is 4.39 Å². The van der Waals surface area contributed by atoms with Gasteiger partial charge in [-0.2, -0.15) is 43.2 Å². The maximum Gasteiger partial charge on any atom is 0.416 e. The Morgan fingerprint density at radius 1 is 0.833 bits per heavy atom. The summed E-state index contributed by atoms with van der Waals surface area (Å²) in [5, 5.41) is 0. The van der Waals surface area contributed by atoms with Gasteiger partial charge in [0.25, 0.3) is 20.2 Å². The molecular formula is C26H29F7O7S2. The Kier molecular flexibility index (Phi) is 10.4. The molecule has 0 spiro atoms. The maximum atomic E-state index is 13.8. The average molecular weight is 651 g/mol. The number of halogens is 7. The predicted molar refractivity (Wildman–Crippen MR) is 137 cm³/mol. The van der Waals surface area contributed by atoms with Crippen LogP contribution < -0.4 is 0 Å². The molecule has 0 aliphatic heterocycles. The third kappa shape index (κ3) is 9.62. The third-order valence-corrected chi connectivity index (χ3v) is 8.96. The molecule has 0 saturated heterocycles. The van der Waals surface area contributed by atoms with Crippen LogP contribution in [0.1, 0.15) is 66.9 Å². The lowest BCUT2D eigenvalue weighted by Gasteiger charge is -2.44. The minimum Gasteiger partial charge on any atom is -0.370 e. The molecular weight excluding hydrogens is 621 g/mol. The van der Waals surface area contributed by atoms with Crippen LogP contribution in [0.5, 0.6) is 0 Å². The van der Waals surface area contributed by atoms with Crippen LogP contribution in [0, 0.1) is 17.7 Å². The molecule has 16 heteroatoms. The van der Waals surface area contributed by atoms with Crippen molar-refractivity contribution in [2.24, 2.45) is 11.8 Å². The molecule has 0 unspecified atom stereocenters. The van der Waals surface area contributed by atoms with Gasteiger partial charge in [0.1, 0.15) is 5.82 Å². The highest BCUT2D eigenvalue weighted by molar-refractivity contribution is 7.86.